The Morgan fingerprint density at radius 3 is 2.54 bits per heavy atom. The molecule has 1 aromatic heterocycles. The molecule has 26 heavy (non-hydrogen) atoms. The minimum absolute atomic E-state index is 0.211. The molecule has 132 valence electrons. The van der Waals surface area contributed by atoms with E-state index in [1.807, 2.05) is 18.2 Å². The van der Waals surface area contributed by atoms with Crippen LogP contribution < -0.4 is 25.8 Å². The summed E-state index contributed by atoms with van der Waals surface area (Å²) >= 11 is 12.2. The predicted octanol–water partition coefficient (Wildman–Crippen LogP) is 4.58. The van der Waals surface area contributed by atoms with Crippen LogP contribution in [0.4, 0.5) is 28.7 Å². The summed E-state index contributed by atoms with van der Waals surface area (Å²) in [6, 6.07) is 10.5. The summed E-state index contributed by atoms with van der Waals surface area (Å²) < 4.78 is 10.7. The van der Waals surface area contributed by atoms with E-state index in [-0.39, 0.29) is 6.79 Å². The summed E-state index contributed by atoms with van der Waals surface area (Å²) in [4.78, 5) is 8.36. The molecule has 2 aromatic carbocycles. The SMILES string of the molecule is Nc1c(Nc2ccc3c(c2)OCO3)ncnc1Nc1cc(Cl)ccc1Cl. The second-order valence-corrected chi connectivity index (χ2v) is 6.27. The lowest BCUT2D eigenvalue weighted by atomic mass is 10.2. The number of nitrogens with two attached hydrogens (primary N) is 1. The molecule has 0 spiro atoms. The molecule has 7 nitrogen and oxygen atoms in total. The Labute approximate surface area is 159 Å². The number of aromatic nitrogens is 2. The predicted molar refractivity (Wildman–Crippen MR) is 102 cm³/mol. The first-order valence-electron chi connectivity index (χ1n) is 7.59. The van der Waals surface area contributed by atoms with Crippen molar-refractivity contribution in [3.8, 4) is 11.5 Å². The molecule has 0 bridgehead atoms. The van der Waals surface area contributed by atoms with Crippen molar-refractivity contribution in [3.63, 3.8) is 0 Å². The first-order chi connectivity index (χ1) is 12.6. The highest BCUT2D eigenvalue weighted by Crippen LogP contribution is 2.36. The third-order valence-corrected chi connectivity index (χ3v) is 4.27. The molecule has 1 aliphatic heterocycles. The first kappa shape index (κ1) is 16.6. The molecular formula is C17H13Cl2N5O2. The summed E-state index contributed by atoms with van der Waals surface area (Å²) in [6.45, 7) is 0.211. The van der Waals surface area contributed by atoms with Crippen LogP contribution in [-0.4, -0.2) is 16.8 Å². The maximum absolute atomic E-state index is 6.20. The van der Waals surface area contributed by atoms with E-state index < -0.39 is 0 Å². The Kier molecular flexibility index (Phi) is 4.32. The number of benzene rings is 2. The third-order valence-electron chi connectivity index (χ3n) is 3.70. The molecule has 0 fully saturated rings. The molecular weight excluding hydrogens is 377 g/mol. The standard InChI is InChI=1S/C17H13Cl2N5O2/c18-9-1-3-11(19)12(5-9)24-17-15(20)16(21-7-22-17)23-10-2-4-13-14(6-10)26-8-25-13/h1-7H,8,20H2,(H2,21,22,23,24). The van der Waals surface area contributed by atoms with Crippen LogP contribution in [0.1, 0.15) is 0 Å². The van der Waals surface area contributed by atoms with Gasteiger partial charge in [-0.2, -0.15) is 0 Å². The van der Waals surface area contributed by atoms with Crippen LogP contribution in [-0.2, 0) is 0 Å². The zero-order valence-corrected chi connectivity index (χ0v) is 14.8. The number of nitrogen functional groups attached to an aromatic ring is 1. The lowest BCUT2D eigenvalue weighted by molar-refractivity contribution is 0.174. The van der Waals surface area contributed by atoms with Crippen molar-refractivity contribution in [3.05, 3.63) is 52.8 Å². The highest BCUT2D eigenvalue weighted by atomic mass is 35.5. The van der Waals surface area contributed by atoms with Crippen molar-refractivity contribution in [2.24, 2.45) is 0 Å². The zero-order valence-electron chi connectivity index (χ0n) is 13.3. The molecule has 9 heteroatoms. The van der Waals surface area contributed by atoms with Crippen LogP contribution in [0.3, 0.4) is 0 Å². The van der Waals surface area contributed by atoms with E-state index in [1.54, 1.807) is 18.2 Å². The maximum atomic E-state index is 6.20. The van der Waals surface area contributed by atoms with E-state index in [2.05, 4.69) is 20.6 Å². The van der Waals surface area contributed by atoms with E-state index in [9.17, 15) is 0 Å². The number of halogens is 2. The number of ether oxygens (including phenoxy) is 2. The Morgan fingerprint density at radius 2 is 1.69 bits per heavy atom. The van der Waals surface area contributed by atoms with Crippen LogP contribution in [0.25, 0.3) is 0 Å². The summed E-state index contributed by atoms with van der Waals surface area (Å²) in [5, 5.41) is 7.26. The van der Waals surface area contributed by atoms with Gasteiger partial charge in [0, 0.05) is 16.8 Å². The number of fused-ring (bicyclic) bond motifs is 1. The summed E-state index contributed by atoms with van der Waals surface area (Å²) in [5.41, 5.74) is 7.88. The van der Waals surface area contributed by atoms with Gasteiger partial charge in [-0.15, -0.1) is 0 Å². The van der Waals surface area contributed by atoms with Crippen molar-refractivity contribution >= 4 is 51.9 Å². The normalized spacial score (nSPS) is 12.1. The average molecular weight is 390 g/mol. The van der Waals surface area contributed by atoms with E-state index in [0.29, 0.717) is 44.6 Å². The van der Waals surface area contributed by atoms with E-state index >= 15 is 0 Å². The summed E-state index contributed by atoms with van der Waals surface area (Å²) in [5.74, 6) is 2.21. The molecule has 0 atom stereocenters. The van der Waals surface area contributed by atoms with Crippen LogP contribution >= 0.6 is 23.2 Å². The van der Waals surface area contributed by atoms with Gasteiger partial charge in [0.25, 0.3) is 0 Å². The van der Waals surface area contributed by atoms with Gasteiger partial charge in [0.15, 0.2) is 23.1 Å². The monoisotopic (exact) mass is 389 g/mol. The van der Waals surface area contributed by atoms with Crippen molar-refractivity contribution in [2.45, 2.75) is 0 Å². The van der Waals surface area contributed by atoms with E-state index in [0.717, 1.165) is 5.69 Å². The number of hydrogen-bond acceptors (Lipinski definition) is 7. The smallest absolute Gasteiger partial charge is 0.231 e. The van der Waals surface area contributed by atoms with Gasteiger partial charge in [0.1, 0.15) is 12.0 Å². The van der Waals surface area contributed by atoms with E-state index in [1.165, 1.54) is 6.33 Å². The van der Waals surface area contributed by atoms with Crippen molar-refractivity contribution in [1.29, 1.82) is 0 Å². The number of hydrogen-bond donors (Lipinski definition) is 3. The second-order valence-electron chi connectivity index (χ2n) is 5.43. The lowest BCUT2D eigenvalue weighted by Gasteiger charge is -2.13. The largest absolute Gasteiger partial charge is 0.454 e. The Hall–Kier alpha value is -2.90. The third kappa shape index (κ3) is 3.26. The minimum Gasteiger partial charge on any atom is -0.454 e. The molecule has 4 rings (SSSR count). The highest BCUT2D eigenvalue weighted by Gasteiger charge is 2.15. The Balaban J connectivity index is 1.60. The Morgan fingerprint density at radius 1 is 0.923 bits per heavy atom. The van der Waals surface area contributed by atoms with Gasteiger partial charge in [0.05, 0.1) is 10.7 Å². The molecule has 2 heterocycles. The van der Waals surface area contributed by atoms with Crippen molar-refractivity contribution in [2.75, 3.05) is 23.2 Å². The fourth-order valence-corrected chi connectivity index (χ4v) is 2.76. The van der Waals surface area contributed by atoms with Gasteiger partial charge in [-0.1, -0.05) is 23.2 Å². The van der Waals surface area contributed by atoms with Gasteiger partial charge in [-0.3, -0.25) is 0 Å². The summed E-state index contributed by atoms with van der Waals surface area (Å²) in [7, 11) is 0. The van der Waals surface area contributed by atoms with Gasteiger partial charge in [0.2, 0.25) is 6.79 Å². The molecule has 0 saturated heterocycles. The Bertz CT molecular complexity index is 983. The maximum Gasteiger partial charge on any atom is 0.231 e. The van der Waals surface area contributed by atoms with Gasteiger partial charge < -0.3 is 25.8 Å². The van der Waals surface area contributed by atoms with Crippen LogP contribution in [0.5, 0.6) is 11.5 Å². The molecule has 0 amide bonds. The lowest BCUT2D eigenvalue weighted by Crippen LogP contribution is -2.05. The van der Waals surface area contributed by atoms with Crippen LogP contribution in [0.15, 0.2) is 42.7 Å². The van der Waals surface area contributed by atoms with Crippen LogP contribution in [0.2, 0.25) is 10.0 Å². The van der Waals surface area contributed by atoms with Crippen LogP contribution in [0, 0.1) is 0 Å². The number of rotatable bonds is 4. The first-order valence-corrected chi connectivity index (χ1v) is 8.35. The molecule has 0 unspecified atom stereocenters. The highest BCUT2D eigenvalue weighted by molar-refractivity contribution is 6.35. The van der Waals surface area contributed by atoms with Crippen molar-refractivity contribution < 1.29 is 9.47 Å². The molecule has 0 radical (unpaired) electrons. The van der Waals surface area contributed by atoms with Crippen molar-refractivity contribution in [1.82, 2.24) is 9.97 Å². The quantitative estimate of drug-likeness (QED) is 0.600. The minimum atomic E-state index is 0.211. The van der Waals surface area contributed by atoms with Gasteiger partial charge in [-0.05, 0) is 30.3 Å². The number of nitrogens with zero attached hydrogens (tertiary/aromatic N) is 2. The summed E-state index contributed by atoms with van der Waals surface area (Å²) in [6.07, 6.45) is 1.40. The molecule has 0 saturated carbocycles. The average Bonchev–Trinajstić information content (AvgIpc) is 3.09. The fraction of sp³-hybridized carbons (Fsp3) is 0.0588. The van der Waals surface area contributed by atoms with Gasteiger partial charge in [-0.25, -0.2) is 9.97 Å². The zero-order chi connectivity index (χ0) is 18.1. The second kappa shape index (κ2) is 6.78. The molecule has 4 N–H and O–H groups in total. The number of anilines is 5. The fourth-order valence-electron chi connectivity index (χ4n) is 2.43. The molecule has 1 aliphatic rings. The molecule has 0 aliphatic carbocycles. The van der Waals surface area contributed by atoms with Gasteiger partial charge >= 0.3 is 0 Å². The molecule has 3 aromatic rings. The van der Waals surface area contributed by atoms with E-state index in [4.69, 9.17) is 38.4 Å². The topological polar surface area (TPSA) is 94.3 Å². The number of nitrogens with one attached hydrogen (secondary N) is 2.